The van der Waals surface area contributed by atoms with Crippen LogP contribution in [0.4, 0.5) is 4.79 Å². The summed E-state index contributed by atoms with van der Waals surface area (Å²) in [5, 5.41) is 0. The quantitative estimate of drug-likeness (QED) is 0.442. The Balaban J connectivity index is 2.10. The number of imide groups is 1. The van der Waals surface area contributed by atoms with Crippen LogP contribution >= 0.6 is 0 Å². The third-order valence-corrected chi connectivity index (χ3v) is 2.27. The van der Waals surface area contributed by atoms with Gasteiger partial charge in [-0.05, 0) is 12.8 Å². The zero-order valence-electron chi connectivity index (χ0n) is 7.19. The van der Waals surface area contributed by atoms with Gasteiger partial charge in [-0.25, -0.2) is 4.79 Å². The number of amides is 3. The summed E-state index contributed by atoms with van der Waals surface area (Å²) in [6.45, 7) is 0.382. The molecular formula is C9H10N2O2. The van der Waals surface area contributed by atoms with E-state index in [4.69, 9.17) is 6.42 Å². The largest absolute Gasteiger partial charge is 0.328 e. The first-order valence-corrected chi connectivity index (χ1v) is 4.28. The van der Waals surface area contributed by atoms with E-state index in [9.17, 15) is 9.59 Å². The highest BCUT2D eigenvalue weighted by atomic mass is 16.2. The number of carbonyl (C=O) groups is 2. The Morgan fingerprint density at radius 2 is 2.15 bits per heavy atom. The molecule has 0 aromatic carbocycles. The Morgan fingerprint density at radius 1 is 1.46 bits per heavy atom. The minimum atomic E-state index is -0.217. The van der Waals surface area contributed by atoms with Gasteiger partial charge in [0, 0.05) is 6.04 Å². The lowest BCUT2D eigenvalue weighted by Crippen LogP contribution is -2.34. The molecule has 4 heteroatoms. The second-order valence-electron chi connectivity index (χ2n) is 3.34. The van der Waals surface area contributed by atoms with Crippen molar-refractivity contribution in [2.24, 2.45) is 0 Å². The standard InChI is InChI=1S/C9H10N2O2/c1-2-5-10-6-8(12)11(9(10)13)7-3-4-7/h1,7H,3-6H2. The van der Waals surface area contributed by atoms with Gasteiger partial charge in [0.25, 0.3) is 5.91 Å². The minimum Gasteiger partial charge on any atom is -0.304 e. The van der Waals surface area contributed by atoms with Crippen LogP contribution in [0.1, 0.15) is 12.8 Å². The van der Waals surface area contributed by atoms with Crippen molar-refractivity contribution < 1.29 is 9.59 Å². The van der Waals surface area contributed by atoms with Crippen LogP contribution in [0.2, 0.25) is 0 Å². The fourth-order valence-electron chi connectivity index (χ4n) is 1.49. The zero-order valence-corrected chi connectivity index (χ0v) is 7.19. The maximum atomic E-state index is 11.5. The van der Waals surface area contributed by atoms with Crippen molar-refractivity contribution in [2.75, 3.05) is 13.1 Å². The van der Waals surface area contributed by atoms with Crippen LogP contribution in [0.5, 0.6) is 0 Å². The predicted molar refractivity (Wildman–Crippen MR) is 45.7 cm³/mol. The Kier molecular flexibility index (Phi) is 1.73. The SMILES string of the molecule is C#CCN1CC(=O)N(C2CC2)C1=O. The molecule has 0 bridgehead atoms. The summed E-state index contributed by atoms with van der Waals surface area (Å²) in [4.78, 5) is 25.6. The van der Waals surface area contributed by atoms with Crippen LogP contribution in [0.25, 0.3) is 0 Å². The van der Waals surface area contributed by atoms with E-state index in [1.807, 2.05) is 0 Å². The second kappa shape index (κ2) is 2.77. The number of carbonyl (C=O) groups excluding carboxylic acids is 2. The topological polar surface area (TPSA) is 40.6 Å². The third-order valence-electron chi connectivity index (χ3n) is 2.27. The highest BCUT2D eigenvalue weighted by Crippen LogP contribution is 2.30. The van der Waals surface area contributed by atoms with E-state index < -0.39 is 0 Å². The number of terminal acetylenes is 1. The van der Waals surface area contributed by atoms with E-state index >= 15 is 0 Å². The molecule has 0 radical (unpaired) electrons. The van der Waals surface area contributed by atoms with E-state index in [-0.39, 0.29) is 31.1 Å². The normalized spacial score (nSPS) is 22.4. The molecule has 0 aromatic rings. The van der Waals surface area contributed by atoms with Crippen LogP contribution in [0.3, 0.4) is 0 Å². The number of nitrogens with zero attached hydrogens (tertiary/aromatic N) is 2. The molecule has 0 unspecified atom stereocenters. The van der Waals surface area contributed by atoms with Gasteiger partial charge >= 0.3 is 6.03 Å². The molecule has 1 aliphatic carbocycles. The molecule has 2 fully saturated rings. The molecule has 0 spiro atoms. The summed E-state index contributed by atoms with van der Waals surface area (Å²) in [6.07, 6.45) is 6.97. The van der Waals surface area contributed by atoms with E-state index in [1.54, 1.807) is 0 Å². The maximum Gasteiger partial charge on any atom is 0.328 e. The van der Waals surface area contributed by atoms with Crippen LogP contribution < -0.4 is 0 Å². The van der Waals surface area contributed by atoms with Crippen molar-refractivity contribution in [2.45, 2.75) is 18.9 Å². The molecule has 3 amide bonds. The second-order valence-corrected chi connectivity index (χ2v) is 3.34. The molecule has 1 saturated carbocycles. The van der Waals surface area contributed by atoms with Crippen molar-refractivity contribution in [1.82, 2.24) is 9.80 Å². The fourth-order valence-corrected chi connectivity index (χ4v) is 1.49. The van der Waals surface area contributed by atoms with E-state index in [2.05, 4.69) is 5.92 Å². The molecule has 4 nitrogen and oxygen atoms in total. The van der Waals surface area contributed by atoms with E-state index in [1.165, 1.54) is 9.80 Å². The minimum absolute atomic E-state index is 0.109. The number of hydrogen-bond acceptors (Lipinski definition) is 2. The van der Waals surface area contributed by atoms with Gasteiger partial charge in [0.05, 0.1) is 6.54 Å². The summed E-state index contributed by atoms with van der Waals surface area (Å²) >= 11 is 0. The first kappa shape index (κ1) is 8.11. The fraction of sp³-hybridized carbons (Fsp3) is 0.556. The highest BCUT2D eigenvalue weighted by molar-refractivity contribution is 6.02. The van der Waals surface area contributed by atoms with Crippen molar-refractivity contribution in [3.05, 3.63) is 0 Å². The van der Waals surface area contributed by atoms with Gasteiger partial charge in [-0.1, -0.05) is 5.92 Å². The smallest absolute Gasteiger partial charge is 0.304 e. The molecule has 2 aliphatic rings. The lowest BCUT2D eigenvalue weighted by Gasteiger charge is -2.13. The summed E-state index contributed by atoms with van der Waals surface area (Å²) in [6, 6.07) is -0.0618. The van der Waals surface area contributed by atoms with Gasteiger partial charge in [-0.3, -0.25) is 9.69 Å². The summed E-state index contributed by atoms with van der Waals surface area (Å²) in [5.41, 5.74) is 0. The maximum absolute atomic E-state index is 11.5. The number of rotatable bonds is 2. The van der Waals surface area contributed by atoms with Gasteiger partial charge < -0.3 is 4.90 Å². The highest BCUT2D eigenvalue weighted by Gasteiger charge is 2.44. The summed E-state index contributed by atoms with van der Waals surface area (Å²) < 4.78 is 0. The summed E-state index contributed by atoms with van der Waals surface area (Å²) in [7, 11) is 0. The van der Waals surface area contributed by atoms with Crippen molar-refractivity contribution in [1.29, 1.82) is 0 Å². The lowest BCUT2D eigenvalue weighted by atomic mass is 10.5. The molecule has 2 rings (SSSR count). The van der Waals surface area contributed by atoms with Crippen molar-refractivity contribution in [3.63, 3.8) is 0 Å². The molecule has 1 heterocycles. The Labute approximate surface area is 76.5 Å². The molecular weight excluding hydrogens is 168 g/mol. The van der Waals surface area contributed by atoms with Gasteiger partial charge in [0.1, 0.15) is 6.54 Å². The molecule has 0 atom stereocenters. The van der Waals surface area contributed by atoms with E-state index in [0.29, 0.717) is 0 Å². The van der Waals surface area contributed by atoms with Gasteiger partial charge in [-0.15, -0.1) is 6.42 Å². The molecule has 0 aromatic heterocycles. The first-order chi connectivity index (χ1) is 6.24. The van der Waals surface area contributed by atoms with Crippen LogP contribution in [-0.2, 0) is 4.79 Å². The van der Waals surface area contributed by atoms with Crippen molar-refractivity contribution in [3.8, 4) is 12.3 Å². The van der Waals surface area contributed by atoms with Gasteiger partial charge in [0.2, 0.25) is 0 Å². The average molecular weight is 178 g/mol. The van der Waals surface area contributed by atoms with Crippen LogP contribution in [-0.4, -0.2) is 40.9 Å². The van der Waals surface area contributed by atoms with Crippen molar-refractivity contribution >= 4 is 11.9 Å². The molecule has 1 saturated heterocycles. The Hall–Kier alpha value is -1.50. The number of hydrogen-bond donors (Lipinski definition) is 0. The Morgan fingerprint density at radius 3 is 2.69 bits per heavy atom. The lowest BCUT2D eigenvalue weighted by molar-refractivity contribution is -0.125. The predicted octanol–water partition coefficient (Wildman–Crippen LogP) is 0.0462. The van der Waals surface area contributed by atoms with E-state index in [0.717, 1.165) is 12.8 Å². The summed E-state index contributed by atoms with van der Waals surface area (Å²) in [5.74, 6) is 2.26. The monoisotopic (exact) mass is 178 g/mol. The van der Waals surface area contributed by atoms with Gasteiger partial charge in [-0.2, -0.15) is 0 Å². The molecule has 1 aliphatic heterocycles. The van der Waals surface area contributed by atoms with Crippen LogP contribution in [0, 0.1) is 12.3 Å². The first-order valence-electron chi connectivity index (χ1n) is 4.28. The zero-order chi connectivity index (χ0) is 9.42. The van der Waals surface area contributed by atoms with Gasteiger partial charge in [0.15, 0.2) is 0 Å². The molecule has 13 heavy (non-hydrogen) atoms. The number of urea groups is 1. The third kappa shape index (κ3) is 1.26. The molecule has 68 valence electrons. The van der Waals surface area contributed by atoms with Crippen LogP contribution in [0.15, 0.2) is 0 Å². The Bertz CT molecular complexity index is 301. The average Bonchev–Trinajstić information content (AvgIpc) is 2.84. The molecule has 0 N–H and O–H groups in total.